The van der Waals surface area contributed by atoms with Gasteiger partial charge in [0.2, 0.25) is 10.0 Å². The van der Waals surface area contributed by atoms with Crippen LogP contribution < -0.4 is 14.2 Å². The van der Waals surface area contributed by atoms with E-state index in [0.717, 1.165) is 0 Å². The first-order valence-corrected chi connectivity index (χ1v) is 12.7. The molecule has 0 aliphatic carbocycles. The topological polar surface area (TPSA) is 102 Å². The fraction of sp³-hybridized carbons (Fsp3) is 0.429. The van der Waals surface area contributed by atoms with E-state index in [1.165, 1.54) is 36.7 Å². The third kappa shape index (κ3) is 4.81. The molecule has 0 aliphatic heterocycles. The Bertz CT molecular complexity index is 1170. The number of sulfonamides is 2. The molecule has 0 amide bonds. The number of nitrogens with one attached hydrogen (secondary N) is 1. The molecule has 0 aliphatic rings. The highest BCUT2D eigenvalue weighted by Crippen LogP contribution is 2.34. The van der Waals surface area contributed by atoms with E-state index >= 15 is 0 Å². The fourth-order valence-corrected chi connectivity index (χ4v) is 6.56. The SMILES string of the molecule is CCN(CC)S(=O)(=O)c1ccc(OC)c(NS(=O)(=O)c2c(C)cc(OC)c(C)c2C)c1. The van der Waals surface area contributed by atoms with Crippen LogP contribution in [0.3, 0.4) is 0 Å². The first-order chi connectivity index (χ1) is 14.4. The maximum absolute atomic E-state index is 13.3. The van der Waals surface area contributed by atoms with Crippen LogP contribution in [0.4, 0.5) is 5.69 Å². The highest BCUT2D eigenvalue weighted by Gasteiger charge is 2.27. The summed E-state index contributed by atoms with van der Waals surface area (Å²) in [5.41, 5.74) is 1.81. The average Bonchev–Trinajstić information content (AvgIpc) is 2.70. The first kappa shape index (κ1) is 25.0. The summed E-state index contributed by atoms with van der Waals surface area (Å²) in [6.45, 7) is 9.26. The number of anilines is 1. The molecule has 1 N–H and O–H groups in total. The normalized spacial score (nSPS) is 12.1. The average molecular weight is 471 g/mol. The van der Waals surface area contributed by atoms with Crippen LogP contribution in [0.15, 0.2) is 34.1 Å². The summed E-state index contributed by atoms with van der Waals surface area (Å²) < 4.78 is 66.8. The molecule has 0 saturated heterocycles. The van der Waals surface area contributed by atoms with Crippen molar-refractivity contribution in [3.05, 3.63) is 41.0 Å². The van der Waals surface area contributed by atoms with Crippen LogP contribution in [0.1, 0.15) is 30.5 Å². The van der Waals surface area contributed by atoms with E-state index in [1.807, 2.05) is 0 Å². The maximum atomic E-state index is 13.3. The third-order valence-corrected chi connectivity index (χ3v) is 8.93. The van der Waals surface area contributed by atoms with Gasteiger partial charge < -0.3 is 9.47 Å². The Morgan fingerprint density at radius 1 is 0.871 bits per heavy atom. The van der Waals surface area contributed by atoms with E-state index in [-0.39, 0.29) is 21.2 Å². The molecule has 172 valence electrons. The predicted molar refractivity (Wildman–Crippen MR) is 121 cm³/mol. The molecule has 0 radical (unpaired) electrons. The second kappa shape index (κ2) is 9.46. The first-order valence-electron chi connectivity index (χ1n) is 9.80. The van der Waals surface area contributed by atoms with Gasteiger partial charge in [0, 0.05) is 13.1 Å². The van der Waals surface area contributed by atoms with Gasteiger partial charge in [0.05, 0.1) is 29.7 Å². The second-order valence-corrected chi connectivity index (χ2v) is 10.6. The Morgan fingerprint density at radius 3 is 1.97 bits per heavy atom. The number of benzene rings is 2. The Kier molecular flexibility index (Phi) is 7.61. The maximum Gasteiger partial charge on any atom is 0.262 e. The van der Waals surface area contributed by atoms with Gasteiger partial charge in [0.15, 0.2) is 0 Å². The molecule has 8 nitrogen and oxygen atoms in total. The molecule has 0 bridgehead atoms. The van der Waals surface area contributed by atoms with Crippen LogP contribution in [0.2, 0.25) is 0 Å². The van der Waals surface area contributed by atoms with Gasteiger partial charge in [0.25, 0.3) is 10.0 Å². The van der Waals surface area contributed by atoms with Crippen molar-refractivity contribution in [2.45, 2.75) is 44.4 Å². The number of aryl methyl sites for hydroxylation is 1. The number of rotatable bonds is 9. The minimum absolute atomic E-state index is 0.0194. The summed E-state index contributed by atoms with van der Waals surface area (Å²) in [6.07, 6.45) is 0. The van der Waals surface area contributed by atoms with Crippen molar-refractivity contribution < 1.29 is 26.3 Å². The lowest BCUT2D eigenvalue weighted by Crippen LogP contribution is -2.30. The van der Waals surface area contributed by atoms with Crippen molar-refractivity contribution in [1.82, 2.24) is 4.31 Å². The van der Waals surface area contributed by atoms with Gasteiger partial charge in [-0.1, -0.05) is 13.8 Å². The zero-order valence-corrected chi connectivity index (χ0v) is 20.6. The van der Waals surface area contributed by atoms with Crippen LogP contribution >= 0.6 is 0 Å². The molecule has 31 heavy (non-hydrogen) atoms. The van der Waals surface area contributed by atoms with Crippen molar-refractivity contribution in [2.24, 2.45) is 0 Å². The summed E-state index contributed by atoms with van der Waals surface area (Å²) in [7, 11) is -4.90. The van der Waals surface area contributed by atoms with E-state index in [0.29, 0.717) is 35.5 Å². The van der Waals surface area contributed by atoms with E-state index in [2.05, 4.69) is 4.72 Å². The summed E-state index contributed by atoms with van der Waals surface area (Å²) >= 11 is 0. The Balaban J connectivity index is 2.62. The molecule has 2 aromatic rings. The monoisotopic (exact) mass is 470 g/mol. The van der Waals surface area contributed by atoms with E-state index in [9.17, 15) is 16.8 Å². The zero-order chi connectivity index (χ0) is 23.6. The smallest absolute Gasteiger partial charge is 0.262 e. The molecule has 0 atom stereocenters. The van der Waals surface area contributed by atoms with Crippen LogP contribution in [-0.2, 0) is 20.0 Å². The van der Waals surface area contributed by atoms with Crippen LogP contribution in [0.25, 0.3) is 0 Å². The highest BCUT2D eigenvalue weighted by atomic mass is 32.2. The number of hydrogen-bond donors (Lipinski definition) is 1. The molecule has 0 unspecified atom stereocenters. The van der Waals surface area contributed by atoms with Crippen molar-refractivity contribution in [1.29, 1.82) is 0 Å². The zero-order valence-electron chi connectivity index (χ0n) is 18.9. The van der Waals surface area contributed by atoms with Gasteiger partial charge in [-0.25, -0.2) is 16.8 Å². The molecule has 0 spiro atoms. The largest absolute Gasteiger partial charge is 0.496 e. The lowest BCUT2D eigenvalue weighted by molar-refractivity contribution is 0.410. The molecule has 0 aromatic heterocycles. The second-order valence-electron chi connectivity index (χ2n) is 7.03. The Labute approximate surface area is 185 Å². The fourth-order valence-electron chi connectivity index (χ4n) is 3.48. The molecule has 2 aromatic carbocycles. The van der Waals surface area contributed by atoms with Crippen LogP contribution in [0.5, 0.6) is 11.5 Å². The molecular weight excluding hydrogens is 440 g/mol. The molecule has 0 fully saturated rings. The van der Waals surface area contributed by atoms with Crippen LogP contribution in [0, 0.1) is 20.8 Å². The lowest BCUT2D eigenvalue weighted by Gasteiger charge is -2.21. The van der Waals surface area contributed by atoms with Crippen molar-refractivity contribution >= 4 is 25.7 Å². The summed E-state index contributed by atoms with van der Waals surface area (Å²) in [5.74, 6) is 0.807. The van der Waals surface area contributed by atoms with Crippen molar-refractivity contribution in [3.63, 3.8) is 0 Å². The number of hydrogen-bond acceptors (Lipinski definition) is 6. The molecular formula is C21H30N2O6S2. The molecule has 0 heterocycles. The summed E-state index contributed by atoms with van der Waals surface area (Å²) in [6, 6.07) is 5.78. The van der Waals surface area contributed by atoms with Gasteiger partial charge in [-0.15, -0.1) is 0 Å². The molecule has 2 rings (SSSR count). The quantitative estimate of drug-likeness (QED) is 0.602. The standard InChI is InChI=1S/C21H30N2O6S2/c1-8-23(9-2)31(26,27)17-10-11-19(28-6)18(13-17)22-30(24,25)21-14(3)12-20(29-7)15(4)16(21)5/h10-13,22H,8-9H2,1-7H3. The van der Waals surface area contributed by atoms with E-state index in [4.69, 9.17) is 9.47 Å². The summed E-state index contributed by atoms with van der Waals surface area (Å²) in [4.78, 5) is 0.0962. The van der Waals surface area contributed by atoms with Gasteiger partial charge in [0.1, 0.15) is 11.5 Å². The van der Waals surface area contributed by atoms with Gasteiger partial charge in [-0.05, 0) is 61.7 Å². The van der Waals surface area contributed by atoms with Crippen LogP contribution in [-0.4, -0.2) is 48.4 Å². The number of ether oxygens (including phenoxy) is 2. The van der Waals surface area contributed by atoms with E-state index in [1.54, 1.807) is 40.7 Å². The van der Waals surface area contributed by atoms with Gasteiger partial charge in [-0.2, -0.15) is 4.31 Å². The Morgan fingerprint density at radius 2 is 1.45 bits per heavy atom. The minimum Gasteiger partial charge on any atom is -0.496 e. The van der Waals surface area contributed by atoms with Crippen molar-refractivity contribution in [3.8, 4) is 11.5 Å². The minimum atomic E-state index is -4.04. The lowest BCUT2D eigenvalue weighted by atomic mass is 10.1. The number of nitrogens with zero attached hydrogens (tertiary/aromatic N) is 1. The molecule has 10 heteroatoms. The van der Waals surface area contributed by atoms with Gasteiger partial charge in [-0.3, -0.25) is 4.72 Å². The summed E-state index contributed by atoms with van der Waals surface area (Å²) in [5, 5.41) is 0. The predicted octanol–water partition coefficient (Wildman–Crippen LogP) is 3.46. The molecule has 0 saturated carbocycles. The highest BCUT2D eigenvalue weighted by molar-refractivity contribution is 7.92. The van der Waals surface area contributed by atoms with Gasteiger partial charge >= 0.3 is 0 Å². The van der Waals surface area contributed by atoms with E-state index < -0.39 is 20.0 Å². The Hall–Kier alpha value is -2.30. The third-order valence-electron chi connectivity index (χ3n) is 5.23. The van der Waals surface area contributed by atoms with Crippen molar-refractivity contribution in [2.75, 3.05) is 32.0 Å². The number of methoxy groups -OCH3 is 2.